The molecule has 0 amide bonds. The molecule has 2 aromatic heterocycles. The second kappa shape index (κ2) is 11.6. The molecular formula is C49H35NS. The van der Waals surface area contributed by atoms with Crippen molar-refractivity contribution in [2.45, 2.75) is 25.7 Å². The second-order valence-electron chi connectivity index (χ2n) is 14.4. The van der Waals surface area contributed by atoms with E-state index < -0.39 is 0 Å². The minimum absolute atomic E-state index is 0.164. The van der Waals surface area contributed by atoms with Crippen LogP contribution >= 0.6 is 11.3 Å². The Hall–Kier alpha value is -5.83. The first kappa shape index (κ1) is 30.0. The van der Waals surface area contributed by atoms with E-state index >= 15 is 0 Å². The zero-order chi connectivity index (χ0) is 34.1. The number of nitrogens with zero attached hydrogens (tertiary/aromatic N) is 1. The zero-order valence-corrected chi connectivity index (χ0v) is 29.5. The molecule has 1 aliphatic carbocycles. The lowest BCUT2D eigenvalue weighted by Gasteiger charge is -2.23. The van der Waals surface area contributed by atoms with E-state index in [0.29, 0.717) is 0 Å². The van der Waals surface area contributed by atoms with Crippen molar-refractivity contribution in [3.63, 3.8) is 0 Å². The number of pyridine rings is 1. The first-order valence-electron chi connectivity index (χ1n) is 17.7. The van der Waals surface area contributed by atoms with Crippen molar-refractivity contribution in [3.8, 4) is 22.3 Å². The molecule has 0 unspecified atom stereocenters. The van der Waals surface area contributed by atoms with Crippen LogP contribution in [-0.2, 0) is 11.8 Å². The summed E-state index contributed by atoms with van der Waals surface area (Å²) in [5.41, 5.74) is 12.8. The Kier molecular flexibility index (Phi) is 6.84. The standard InChI is InChI=1S/C49H35NS/c1-49(2)44-27-32(18-21-41(44)48-40-15-6-5-13-38(40)42(29-45(48)49)36-12-9-23-50-30-36)26-37(25-31-17-19-33-10-3-4-11-34(33)24-31)35-20-22-47-43(28-35)39-14-7-8-16-46(39)51-47/h3-24,26-30H,25H2,1-2H3/b37-26-. The minimum Gasteiger partial charge on any atom is -0.264 e. The van der Waals surface area contributed by atoms with Gasteiger partial charge in [-0.25, -0.2) is 0 Å². The van der Waals surface area contributed by atoms with Gasteiger partial charge in [0.05, 0.1) is 0 Å². The van der Waals surface area contributed by atoms with Gasteiger partial charge in [0.15, 0.2) is 0 Å². The number of allylic oxidation sites excluding steroid dienone is 1. The van der Waals surface area contributed by atoms with Crippen LogP contribution in [0.1, 0.15) is 41.7 Å². The Balaban J connectivity index is 1.13. The minimum atomic E-state index is -0.164. The Morgan fingerprint density at radius 1 is 0.608 bits per heavy atom. The van der Waals surface area contributed by atoms with E-state index in [1.807, 2.05) is 29.8 Å². The van der Waals surface area contributed by atoms with Gasteiger partial charge in [-0.2, -0.15) is 0 Å². The van der Waals surface area contributed by atoms with Crippen molar-refractivity contribution in [3.05, 3.63) is 186 Å². The topological polar surface area (TPSA) is 12.9 Å². The van der Waals surface area contributed by atoms with Gasteiger partial charge in [-0.3, -0.25) is 4.98 Å². The average molecular weight is 670 g/mol. The highest BCUT2D eigenvalue weighted by Crippen LogP contribution is 2.53. The molecule has 51 heavy (non-hydrogen) atoms. The molecule has 2 heterocycles. The normalized spacial score (nSPS) is 13.6. The van der Waals surface area contributed by atoms with E-state index in [0.717, 1.165) is 12.0 Å². The Labute approximate surface area is 302 Å². The van der Waals surface area contributed by atoms with E-state index in [2.05, 4.69) is 164 Å². The van der Waals surface area contributed by atoms with Crippen LogP contribution in [-0.4, -0.2) is 4.98 Å². The van der Waals surface area contributed by atoms with Crippen LogP contribution in [0.4, 0.5) is 0 Å². The third-order valence-corrected chi connectivity index (χ3v) is 12.1. The molecule has 1 nitrogen and oxygen atoms in total. The van der Waals surface area contributed by atoms with Gasteiger partial charge in [0.2, 0.25) is 0 Å². The number of hydrogen-bond acceptors (Lipinski definition) is 2. The average Bonchev–Trinajstić information content (AvgIpc) is 3.65. The highest BCUT2D eigenvalue weighted by molar-refractivity contribution is 7.25. The predicted molar refractivity (Wildman–Crippen MR) is 220 cm³/mol. The molecule has 0 aliphatic heterocycles. The molecule has 7 aromatic carbocycles. The molecule has 0 radical (unpaired) electrons. The number of rotatable bonds is 5. The van der Waals surface area contributed by atoms with Crippen LogP contribution in [0.25, 0.3) is 75.6 Å². The summed E-state index contributed by atoms with van der Waals surface area (Å²) >= 11 is 1.88. The van der Waals surface area contributed by atoms with Crippen molar-refractivity contribution in [1.29, 1.82) is 0 Å². The molecule has 0 N–H and O–H groups in total. The fraction of sp³-hybridized carbons (Fsp3) is 0.0816. The molecule has 242 valence electrons. The van der Waals surface area contributed by atoms with Crippen LogP contribution in [0.3, 0.4) is 0 Å². The zero-order valence-electron chi connectivity index (χ0n) is 28.7. The highest BCUT2D eigenvalue weighted by Gasteiger charge is 2.37. The molecule has 0 saturated carbocycles. The molecule has 0 spiro atoms. The monoisotopic (exact) mass is 669 g/mol. The van der Waals surface area contributed by atoms with Gasteiger partial charge in [-0.1, -0.05) is 135 Å². The van der Waals surface area contributed by atoms with Crippen LogP contribution in [0.15, 0.2) is 158 Å². The molecular weight excluding hydrogens is 635 g/mol. The molecule has 0 saturated heterocycles. The van der Waals surface area contributed by atoms with Crippen LogP contribution in [0, 0.1) is 0 Å². The number of aromatic nitrogens is 1. The van der Waals surface area contributed by atoms with Gasteiger partial charge in [-0.15, -0.1) is 11.3 Å². The molecule has 0 atom stereocenters. The summed E-state index contributed by atoms with van der Waals surface area (Å²) in [6.45, 7) is 4.77. The molecule has 1 aliphatic rings. The highest BCUT2D eigenvalue weighted by atomic mass is 32.1. The maximum Gasteiger partial charge on any atom is 0.0355 e. The molecule has 2 heteroatoms. The van der Waals surface area contributed by atoms with Crippen LogP contribution < -0.4 is 0 Å². The SMILES string of the molecule is CC1(C)c2cc(/C=C(/Cc3ccc4ccccc4c3)c3ccc4sc5ccccc5c4c3)ccc2-c2c1cc(-c1cccnc1)c1ccccc21. The van der Waals surface area contributed by atoms with Crippen molar-refractivity contribution >= 4 is 64.7 Å². The van der Waals surface area contributed by atoms with Gasteiger partial charge < -0.3 is 0 Å². The maximum absolute atomic E-state index is 4.47. The molecule has 10 rings (SSSR count). The van der Waals surface area contributed by atoms with Gasteiger partial charge >= 0.3 is 0 Å². The van der Waals surface area contributed by atoms with E-state index in [1.165, 1.54) is 91.8 Å². The lowest BCUT2D eigenvalue weighted by atomic mass is 9.80. The Morgan fingerprint density at radius 3 is 2.25 bits per heavy atom. The largest absolute Gasteiger partial charge is 0.264 e. The first-order valence-corrected chi connectivity index (χ1v) is 18.5. The number of fused-ring (bicyclic) bond motifs is 9. The first-order chi connectivity index (χ1) is 25.0. The fourth-order valence-corrected chi connectivity index (χ4v) is 9.47. The van der Waals surface area contributed by atoms with Gasteiger partial charge in [0, 0.05) is 43.5 Å². The summed E-state index contributed by atoms with van der Waals surface area (Å²) in [4.78, 5) is 4.47. The Bertz CT molecular complexity index is 2850. The fourth-order valence-electron chi connectivity index (χ4n) is 8.38. The summed E-state index contributed by atoms with van der Waals surface area (Å²) in [5, 5.41) is 7.79. The second-order valence-corrected chi connectivity index (χ2v) is 15.5. The smallest absolute Gasteiger partial charge is 0.0355 e. The van der Waals surface area contributed by atoms with Crippen molar-refractivity contribution < 1.29 is 0 Å². The number of benzene rings is 7. The van der Waals surface area contributed by atoms with E-state index in [-0.39, 0.29) is 5.41 Å². The number of hydrogen-bond donors (Lipinski definition) is 0. The van der Waals surface area contributed by atoms with Crippen LogP contribution in [0.2, 0.25) is 0 Å². The summed E-state index contributed by atoms with van der Waals surface area (Å²) < 4.78 is 2.67. The van der Waals surface area contributed by atoms with Crippen molar-refractivity contribution in [2.75, 3.05) is 0 Å². The summed E-state index contributed by atoms with van der Waals surface area (Å²) in [7, 11) is 0. The van der Waals surface area contributed by atoms with Crippen LogP contribution in [0.5, 0.6) is 0 Å². The molecule has 0 fully saturated rings. The lowest BCUT2D eigenvalue weighted by molar-refractivity contribution is 0.661. The van der Waals surface area contributed by atoms with Crippen molar-refractivity contribution in [2.24, 2.45) is 0 Å². The summed E-state index contributed by atoms with van der Waals surface area (Å²) in [6, 6.07) is 54.1. The van der Waals surface area contributed by atoms with E-state index in [4.69, 9.17) is 0 Å². The lowest BCUT2D eigenvalue weighted by Crippen LogP contribution is -2.15. The predicted octanol–water partition coefficient (Wildman–Crippen LogP) is 13.5. The van der Waals surface area contributed by atoms with Gasteiger partial charge in [-0.05, 0) is 108 Å². The van der Waals surface area contributed by atoms with E-state index in [1.54, 1.807) is 0 Å². The quantitative estimate of drug-likeness (QED) is 0.166. The molecule has 0 bridgehead atoms. The van der Waals surface area contributed by atoms with Crippen molar-refractivity contribution in [1.82, 2.24) is 4.98 Å². The maximum atomic E-state index is 4.47. The third kappa shape index (κ3) is 4.93. The van der Waals surface area contributed by atoms with E-state index in [9.17, 15) is 0 Å². The number of thiophene rings is 1. The van der Waals surface area contributed by atoms with Gasteiger partial charge in [0.1, 0.15) is 0 Å². The third-order valence-electron chi connectivity index (χ3n) is 11.0. The summed E-state index contributed by atoms with van der Waals surface area (Å²) in [6.07, 6.45) is 7.12. The summed E-state index contributed by atoms with van der Waals surface area (Å²) in [5.74, 6) is 0. The Morgan fingerprint density at radius 2 is 1.39 bits per heavy atom. The van der Waals surface area contributed by atoms with Gasteiger partial charge in [0.25, 0.3) is 0 Å². The molecule has 9 aromatic rings.